The Bertz CT molecular complexity index is 2320. The molecule has 6 rings (SSSR count). The van der Waals surface area contributed by atoms with Crippen molar-refractivity contribution in [2.75, 3.05) is 164 Å². The van der Waals surface area contributed by atoms with Crippen molar-refractivity contribution in [1.29, 1.82) is 0 Å². The number of nitrogens with zero attached hydrogens (tertiary/aromatic N) is 2. The minimum absolute atomic E-state index is 0.00625. The van der Waals surface area contributed by atoms with E-state index in [1.807, 2.05) is 12.3 Å². The van der Waals surface area contributed by atoms with Crippen molar-refractivity contribution < 1.29 is 76.1 Å². The molecule has 73 heavy (non-hydrogen) atoms. The number of H-pyrrole nitrogens is 1. The number of amides is 5. The van der Waals surface area contributed by atoms with Crippen molar-refractivity contribution in [3.05, 3.63) is 71.5 Å². The largest absolute Gasteiger partial charge is 0.382 e. The number of anilines is 1. The van der Waals surface area contributed by atoms with Gasteiger partial charge in [-0.2, -0.15) is 0 Å². The molecule has 0 radical (unpaired) electrons. The van der Waals surface area contributed by atoms with Crippen LogP contribution in [0, 0.1) is 0 Å². The third-order valence-corrected chi connectivity index (χ3v) is 11.4. The van der Waals surface area contributed by atoms with Crippen LogP contribution in [0.15, 0.2) is 54.9 Å². The third kappa shape index (κ3) is 19.7. The van der Waals surface area contributed by atoms with Crippen LogP contribution in [-0.2, 0) is 72.9 Å². The summed E-state index contributed by atoms with van der Waals surface area (Å²) >= 11 is 0. The van der Waals surface area contributed by atoms with E-state index >= 15 is 0 Å². The normalized spacial score (nSPS) is 14.7. The Morgan fingerprint density at radius 3 is 1.64 bits per heavy atom. The Morgan fingerprint density at radius 2 is 1.11 bits per heavy atom. The topological polar surface area (TPSA) is 255 Å². The van der Waals surface area contributed by atoms with Crippen LogP contribution in [0.2, 0.25) is 0 Å². The zero-order valence-corrected chi connectivity index (χ0v) is 41.5. The zero-order valence-electron chi connectivity index (χ0n) is 41.5. The van der Waals surface area contributed by atoms with E-state index in [0.29, 0.717) is 177 Å². The minimum atomic E-state index is -1.02. The number of benzene rings is 2. The molecule has 4 N–H and O–H groups in total. The molecule has 4 aromatic rings. The molecule has 400 valence electrons. The number of imide groups is 2. The fourth-order valence-electron chi connectivity index (χ4n) is 7.78. The summed E-state index contributed by atoms with van der Waals surface area (Å²) in [7, 11) is 0. The van der Waals surface area contributed by atoms with Crippen molar-refractivity contribution in [3.63, 3.8) is 0 Å². The number of aryl methyl sites for hydroxylation is 1. The molecule has 4 heterocycles. The maximum Gasteiger partial charge on any atom is 0.264 e. The highest BCUT2D eigenvalue weighted by Crippen LogP contribution is 2.32. The molecule has 2 aromatic carbocycles. The number of aromatic amines is 1. The summed E-state index contributed by atoms with van der Waals surface area (Å²) in [6.45, 7) is 10.4. The Morgan fingerprint density at radius 1 is 0.589 bits per heavy atom. The summed E-state index contributed by atoms with van der Waals surface area (Å²) in [4.78, 5) is 70.9. The van der Waals surface area contributed by atoms with Gasteiger partial charge in [0.2, 0.25) is 17.7 Å². The van der Waals surface area contributed by atoms with Crippen molar-refractivity contribution in [2.24, 2.45) is 0 Å². The van der Waals surface area contributed by atoms with E-state index in [4.69, 9.17) is 52.1 Å². The predicted octanol–water partition coefficient (Wildman–Crippen LogP) is 2.46. The molecule has 5 amide bonds. The lowest BCUT2D eigenvalue weighted by atomic mass is 10.0. The van der Waals surface area contributed by atoms with E-state index in [1.165, 1.54) is 0 Å². The number of hydrogen-bond donors (Lipinski definition) is 4. The van der Waals surface area contributed by atoms with Crippen LogP contribution in [-0.4, -0.2) is 209 Å². The second kappa shape index (κ2) is 33.3. The van der Waals surface area contributed by atoms with Gasteiger partial charge in [-0.3, -0.25) is 39.2 Å². The van der Waals surface area contributed by atoms with E-state index in [2.05, 4.69) is 44.1 Å². The molecular weight excluding hydrogens is 953 g/mol. The third-order valence-electron chi connectivity index (χ3n) is 11.4. The molecule has 0 bridgehead atoms. The van der Waals surface area contributed by atoms with Crippen LogP contribution in [0.4, 0.5) is 5.69 Å². The van der Waals surface area contributed by atoms with E-state index in [0.717, 1.165) is 32.3 Å². The van der Waals surface area contributed by atoms with Crippen LogP contribution in [0.25, 0.3) is 21.8 Å². The number of carbonyl (C=O) groups excluding carboxylic acids is 5. The fourth-order valence-corrected chi connectivity index (χ4v) is 7.78. The molecule has 1 atom stereocenters. The number of ether oxygens (including phenoxy) is 11. The van der Waals surface area contributed by atoms with Gasteiger partial charge in [-0.25, -0.2) is 0 Å². The molecule has 0 aliphatic carbocycles. The number of fused-ring (bicyclic) bond motifs is 4. The van der Waals surface area contributed by atoms with Crippen molar-refractivity contribution >= 4 is 57.0 Å². The van der Waals surface area contributed by atoms with Gasteiger partial charge >= 0.3 is 0 Å². The number of piperidine rings is 1. The summed E-state index contributed by atoms with van der Waals surface area (Å²) in [5.41, 5.74) is 4.09. The van der Waals surface area contributed by atoms with Crippen LogP contribution >= 0.6 is 0 Å². The van der Waals surface area contributed by atoms with Crippen LogP contribution in [0.5, 0.6) is 0 Å². The Kier molecular flexibility index (Phi) is 25.9. The van der Waals surface area contributed by atoms with Gasteiger partial charge in [0.15, 0.2) is 0 Å². The second-order valence-electron chi connectivity index (χ2n) is 16.6. The average Bonchev–Trinajstić information content (AvgIpc) is 3.89. The summed E-state index contributed by atoms with van der Waals surface area (Å²) in [6.07, 6.45) is 4.86. The Hall–Kier alpha value is -5.50. The first-order valence-corrected chi connectivity index (χ1v) is 25.0. The van der Waals surface area contributed by atoms with Gasteiger partial charge < -0.3 is 67.7 Å². The predicted molar refractivity (Wildman–Crippen MR) is 266 cm³/mol. The molecule has 22 nitrogen and oxygen atoms in total. The average molecular weight is 1020 g/mol. The quantitative estimate of drug-likeness (QED) is 0.0368. The second-order valence-corrected chi connectivity index (χ2v) is 16.6. The Balaban J connectivity index is 0.597. The molecule has 1 saturated heterocycles. The summed E-state index contributed by atoms with van der Waals surface area (Å²) < 4.78 is 60.9. The monoisotopic (exact) mass is 1020 g/mol. The molecule has 1 unspecified atom stereocenters. The molecule has 0 spiro atoms. The fraction of sp³-hybridized carbons (Fsp3) is 0.569. The first-order chi connectivity index (χ1) is 35.9. The minimum Gasteiger partial charge on any atom is -0.382 e. The van der Waals surface area contributed by atoms with Gasteiger partial charge in [-0.15, -0.1) is 0 Å². The van der Waals surface area contributed by atoms with Gasteiger partial charge in [-0.1, -0.05) is 18.2 Å². The molecule has 2 aliphatic rings. The molecular formula is C51H70N6O16. The lowest BCUT2D eigenvalue weighted by Crippen LogP contribution is -2.54. The summed E-state index contributed by atoms with van der Waals surface area (Å²) in [5, 5.41) is 10.5. The van der Waals surface area contributed by atoms with Crippen molar-refractivity contribution in [1.82, 2.24) is 25.5 Å². The molecule has 0 saturated carbocycles. The molecule has 2 aliphatic heterocycles. The van der Waals surface area contributed by atoms with Gasteiger partial charge in [0.1, 0.15) is 6.04 Å². The van der Waals surface area contributed by atoms with E-state index in [1.54, 1.807) is 24.4 Å². The van der Waals surface area contributed by atoms with Gasteiger partial charge in [0.25, 0.3) is 11.8 Å². The molecule has 2 aromatic heterocycles. The van der Waals surface area contributed by atoms with E-state index < -0.39 is 29.7 Å². The van der Waals surface area contributed by atoms with Crippen LogP contribution in [0.3, 0.4) is 0 Å². The number of carbonyl (C=O) groups is 5. The highest BCUT2D eigenvalue weighted by atomic mass is 16.6. The highest BCUT2D eigenvalue weighted by molar-refractivity contribution is 6.25. The number of pyridine rings is 1. The number of rotatable bonds is 41. The van der Waals surface area contributed by atoms with Crippen LogP contribution < -0.4 is 16.0 Å². The van der Waals surface area contributed by atoms with E-state index in [-0.39, 0.29) is 29.9 Å². The van der Waals surface area contributed by atoms with Gasteiger partial charge in [-0.05, 0) is 42.7 Å². The molecule has 1 fully saturated rings. The number of hydrogen-bond acceptors (Lipinski definition) is 18. The zero-order chi connectivity index (χ0) is 51.1. The summed E-state index contributed by atoms with van der Waals surface area (Å²) in [6, 6.07) is 12.1. The Labute approximate surface area is 424 Å². The lowest BCUT2D eigenvalue weighted by Gasteiger charge is -2.27. The van der Waals surface area contributed by atoms with Crippen molar-refractivity contribution in [3.8, 4) is 0 Å². The number of aromatic nitrogens is 2. The maximum atomic E-state index is 13.2. The van der Waals surface area contributed by atoms with Gasteiger partial charge in [0.05, 0.1) is 156 Å². The van der Waals surface area contributed by atoms with Crippen LogP contribution in [0.1, 0.15) is 45.5 Å². The van der Waals surface area contributed by atoms with E-state index in [9.17, 15) is 24.0 Å². The maximum absolute atomic E-state index is 13.2. The standard InChI is InChI=1S/C51H70N6O16/c58-46(8-5-38-4-6-39-41-37-52-11-10-42(41)55-44(39)36-38)54-13-15-64-17-19-66-21-23-68-25-27-70-29-31-72-33-35-73-34-32-71-30-28-69-26-24-67-22-20-65-18-16-63-14-12-53-43-3-1-2-40-48(43)51(62)57(50(40)61)45-7-9-47(59)56-49(45)60/h1-4,6,10-11,36-37,45,53,55H,5,7-9,12-35H2,(H,54,58)(H,56,59,60). The molecule has 22 heteroatoms. The van der Waals surface area contributed by atoms with Crippen molar-refractivity contribution in [2.45, 2.75) is 31.7 Å². The lowest BCUT2D eigenvalue weighted by molar-refractivity contribution is -0.136. The summed E-state index contributed by atoms with van der Waals surface area (Å²) in [5.74, 6) is -2.19. The smallest absolute Gasteiger partial charge is 0.264 e. The SMILES string of the molecule is O=C(CCc1ccc2c(c1)[nH]c1ccncc12)NCCOCCOCCOCCOCCOCCOCCOCCOCCOCCOCCOCCNc1cccc2c1C(=O)N(C1CCC(=O)NC1=O)C2=O. The number of nitrogens with one attached hydrogen (secondary N) is 4. The van der Waals surface area contributed by atoms with Gasteiger partial charge in [0, 0.05) is 65.8 Å². The highest BCUT2D eigenvalue weighted by Gasteiger charge is 2.45. The first-order valence-electron chi connectivity index (χ1n) is 25.0. The first kappa shape index (κ1) is 56.8.